The molecular formula is C18H33AlO21. The molecule has 0 radical (unpaired) electrons. The first-order valence-corrected chi connectivity index (χ1v) is 10.4. The monoisotopic (exact) mass is 612 g/mol. The van der Waals surface area contributed by atoms with Gasteiger partial charge in [0.25, 0.3) is 0 Å². The SMILES string of the molecule is O=C([O-])[C@H](O)[C@H](O)[C@H](O)[C@H](O)CO.O=C([O-])[C@H](O)[C@H](O)[C@H](O)[C@H](O)CO.O=C([O-])[C@H](O)[C@H](O)[C@H](O)[C@H](O)CO.[Al+3]. The van der Waals surface area contributed by atoms with Gasteiger partial charge >= 0.3 is 17.4 Å². The van der Waals surface area contributed by atoms with E-state index in [0.29, 0.717) is 0 Å². The van der Waals surface area contributed by atoms with Crippen molar-refractivity contribution in [2.24, 2.45) is 0 Å². The maximum Gasteiger partial charge on any atom is 3.00 e. The second-order valence-electron chi connectivity index (χ2n) is 7.48. The van der Waals surface area contributed by atoms with Gasteiger partial charge in [-0.3, -0.25) is 0 Å². The third-order valence-electron chi connectivity index (χ3n) is 4.49. The fourth-order valence-corrected chi connectivity index (χ4v) is 1.99. The summed E-state index contributed by atoms with van der Waals surface area (Å²) in [6.07, 6.45) is -24.2. The first kappa shape index (κ1) is 45.3. The fraction of sp³-hybridized carbons (Fsp3) is 0.833. The number of hydrogen-bond acceptors (Lipinski definition) is 21. The number of aliphatic hydroxyl groups excluding tert-OH is 15. The summed E-state index contributed by atoms with van der Waals surface area (Å²) in [5.74, 6) is -5.93. The number of aliphatic hydroxyl groups is 15. The molecule has 0 aromatic heterocycles. The molecule has 0 saturated carbocycles. The van der Waals surface area contributed by atoms with E-state index in [4.69, 9.17) is 76.6 Å². The summed E-state index contributed by atoms with van der Waals surface area (Å²) in [7, 11) is 0. The summed E-state index contributed by atoms with van der Waals surface area (Å²) < 4.78 is 0. The van der Waals surface area contributed by atoms with Crippen molar-refractivity contribution in [2.75, 3.05) is 19.8 Å². The van der Waals surface area contributed by atoms with E-state index in [1.54, 1.807) is 0 Å². The molecule has 0 unspecified atom stereocenters. The Morgan fingerprint density at radius 3 is 0.650 bits per heavy atom. The van der Waals surface area contributed by atoms with Crippen LogP contribution in [0.3, 0.4) is 0 Å². The largest absolute Gasteiger partial charge is 3.00 e. The summed E-state index contributed by atoms with van der Waals surface area (Å²) in [5.41, 5.74) is 0. The maximum atomic E-state index is 9.98. The zero-order valence-electron chi connectivity index (χ0n) is 20.3. The number of carboxylic acid groups (broad SMARTS) is 3. The van der Waals surface area contributed by atoms with Crippen molar-refractivity contribution in [3.05, 3.63) is 0 Å². The van der Waals surface area contributed by atoms with Gasteiger partial charge < -0.3 is 106 Å². The van der Waals surface area contributed by atoms with Crippen LogP contribution in [0.15, 0.2) is 0 Å². The molecule has 0 bridgehead atoms. The second kappa shape index (κ2) is 23.0. The van der Waals surface area contributed by atoms with Crippen molar-refractivity contribution in [1.29, 1.82) is 0 Å². The summed E-state index contributed by atoms with van der Waals surface area (Å²) in [6.45, 7) is -2.59. The third-order valence-corrected chi connectivity index (χ3v) is 4.49. The predicted molar refractivity (Wildman–Crippen MR) is 114 cm³/mol. The van der Waals surface area contributed by atoms with Gasteiger partial charge in [-0.25, -0.2) is 0 Å². The van der Waals surface area contributed by atoms with E-state index < -0.39 is 111 Å². The molecule has 0 aliphatic heterocycles. The van der Waals surface area contributed by atoms with Gasteiger partial charge in [-0.15, -0.1) is 0 Å². The Labute approximate surface area is 235 Å². The molecule has 40 heavy (non-hydrogen) atoms. The molecule has 0 aromatic rings. The van der Waals surface area contributed by atoms with E-state index in [2.05, 4.69) is 0 Å². The van der Waals surface area contributed by atoms with Gasteiger partial charge in [0.2, 0.25) is 0 Å². The van der Waals surface area contributed by atoms with E-state index in [1.165, 1.54) is 0 Å². The Morgan fingerprint density at radius 2 is 0.550 bits per heavy atom. The van der Waals surface area contributed by atoms with Crippen molar-refractivity contribution in [1.82, 2.24) is 0 Å². The van der Waals surface area contributed by atoms with Crippen LogP contribution in [0, 0.1) is 0 Å². The Morgan fingerprint density at radius 1 is 0.400 bits per heavy atom. The number of carboxylic acids is 3. The molecular weight excluding hydrogens is 579 g/mol. The molecule has 12 atom stereocenters. The van der Waals surface area contributed by atoms with Crippen LogP contribution in [0.1, 0.15) is 0 Å². The molecule has 0 aromatic carbocycles. The first-order chi connectivity index (χ1) is 17.7. The van der Waals surface area contributed by atoms with Gasteiger partial charge in [0, 0.05) is 0 Å². The molecule has 0 saturated heterocycles. The van der Waals surface area contributed by atoms with Gasteiger partial charge in [0.1, 0.15) is 73.2 Å². The average molecular weight is 612 g/mol. The zero-order chi connectivity index (χ0) is 31.8. The molecule has 0 amide bonds. The van der Waals surface area contributed by atoms with E-state index in [0.717, 1.165) is 0 Å². The van der Waals surface area contributed by atoms with Crippen molar-refractivity contribution in [3.8, 4) is 0 Å². The Hall–Kier alpha value is -1.66. The van der Waals surface area contributed by atoms with E-state index >= 15 is 0 Å². The fourth-order valence-electron chi connectivity index (χ4n) is 1.99. The summed E-state index contributed by atoms with van der Waals surface area (Å²) in [6, 6.07) is 0. The standard InChI is InChI=1S/3C6H12O7.Al/c3*7-1-2(8)3(9)4(10)5(11)6(12)13;/h3*2-5,7-11H,1H2,(H,12,13);/q;;;+3/p-3/t3*2-,3-,4-,5-;/m111./s1. The molecule has 21 nitrogen and oxygen atoms in total. The minimum absolute atomic E-state index is 0. The summed E-state index contributed by atoms with van der Waals surface area (Å²) in [4.78, 5) is 29.9. The molecule has 22 heteroatoms. The molecule has 0 fully saturated rings. The quantitative estimate of drug-likeness (QED) is 0.0763. The number of carbonyl (C=O) groups excluding carboxylic acids is 3. The van der Waals surface area contributed by atoms with Crippen molar-refractivity contribution < 1.29 is 106 Å². The van der Waals surface area contributed by atoms with E-state index in [1.807, 2.05) is 0 Å². The van der Waals surface area contributed by atoms with Crippen LogP contribution in [0.5, 0.6) is 0 Å². The number of aliphatic carboxylic acids is 3. The van der Waals surface area contributed by atoms with Crippen LogP contribution in [-0.2, 0) is 14.4 Å². The summed E-state index contributed by atoms with van der Waals surface area (Å²) in [5, 5.41) is 160. The van der Waals surface area contributed by atoms with E-state index in [-0.39, 0.29) is 17.4 Å². The molecule has 0 aliphatic rings. The van der Waals surface area contributed by atoms with Crippen LogP contribution in [0.4, 0.5) is 0 Å². The smallest absolute Gasteiger partial charge is 0.547 e. The van der Waals surface area contributed by atoms with Crippen LogP contribution < -0.4 is 15.3 Å². The van der Waals surface area contributed by atoms with Gasteiger partial charge in [-0.2, -0.15) is 0 Å². The molecule has 15 N–H and O–H groups in total. The minimum Gasteiger partial charge on any atom is -0.547 e. The minimum atomic E-state index is -2.31. The normalized spacial score (nSPS) is 19.9. The van der Waals surface area contributed by atoms with Crippen molar-refractivity contribution in [3.63, 3.8) is 0 Å². The second-order valence-corrected chi connectivity index (χ2v) is 7.48. The van der Waals surface area contributed by atoms with Crippen LogP contribution in [0.25, 0.3) is 0 Å². The molecule has 0 heterocycles. The number of rotatable bonds is 15. The zero-order valence-corrected chi connectivity index (χ0v) is 21.4. The average Bonchev–Trinajstić information content (AvgIpc) is 2.92. The predicted octanol–water partition coefficient (Wildman–Crippen LogP) is -14.9. The number of carbonyl (C=O) groups is 3. The molecule has 0 spiro atoms. The first-order valence-electron chi connectivity index (χ1n) is 10.4. The van der Waals surface area contributed by atoms with Crippen LogP contribution in [0.2, 0.25) is 0 Å². The Bertz CT molecular complexity index is 608. The Kier molecular flexibility index (Phi) is 26.0. The van der Waals surface area contributed by atoms with E-state index in [9.17, 15) is 29.7 Å². The van der Waals surface area contributed by atoms with Crippen molar-refractivity contribution >= 4 is 35.3 Å². The molecule has 0 rings (SSSR count). The van der Waals surface area contributed by atoms with Crippen LogP contribution in [-0.4, -0.2) is 205 Å². The van der Waals surface area contributed by atoms with Gasteiger partial charge in [0.15, 0.2) is 0 Å². The van der Waals surface area contributed by atoms with Crippen LogP contribution >= 0.6 is 0 Å². The molecule has 234 valence electrons. The van der Waals surface area contributed by atoms with Crippen molar-refractivity contribution in [2.45, 2.75) is 73.2 Å². The van der Waals surface area contributed by atoms with Gasteiger partial charge in [0.05, 0.1) is 37.7 Å². The molecule has 0 aliphatic carbocycles. The van der Waals surface area contributed by atoms with Gasteiger partial charge in [-0.1, -0.05) is 0 Å². The third kappa shape index (κ3) is 16.6. The number of hydrogen-bond donors (Lipinski definition) is 15. The summed E-state index contributed by atoms with van der Waals surface area (Å²) >= 11 is 0. The Balaban J connectivity index is -0.000000240. The topological polar surface area (TPSA) is 424 Å². The van der Waals surface area contributed by atoms with Gasteiger partial charge in [-0.05, 0) is 0 Å². The maximum absolute atomic E-state index is 9.98.